The molecule has 1 amide bonds. The molecule has 2 rings (SSSR count). The molecule has 0 radical (unpaired) electrons. The molecular formula is C20H30F2N4O4. The number of amides is 1. The Morgan fingerprint density at radius 2 is 2.00 bits per heavy atom. The Morgan fingerprint density at radius 3 is 2.57 bits per heavy atom. The van der Waals surface area contributed by atoms with Gasteiger partial charge in [0.1, 0.15) is 5.60 Å². The summed E-state index contributed by atoms with van der Waals surface area (Å²) in [6.07, 6.45) is 0.240. The predicted octanol–water partition coefficient (Wildman–Crippen LogP) is 2.62. The van der Waals surface area contributed by atoms with Crippen LogP contribution in [0.1, 0.15) is 26.3 Å². The zero-order valence-corrected chi connectivity index (χ0v) is 18.0. The van der Waals surface area contributed by atoms with Gasteiger partial charge in [0.05, 0.1) is 13.2 Å². The zero-order valence-electron chi connectivity index (χ0n) is 18.0. The molecule has 0 atom stereocenters. The van der Waals surface area contributed by atoms with Gasteiger partial charge in [-0.15, -0.1) is 0 Å². The molecule has 0 aromatic heterocycles. The molecule has 0 aliphatic carbocycles. The van der Waals surface area contributed by atoms with Crippen LogP contribution < -0.4 is 20.1 Å². The second-order valence-corrected chi connectivity index (χ2v) is 7.84. The number of rotatable bonds is 7. The van der Waals surface area contributed by atoms with Gasteiger partial charge in [0.25, 0.3) is 0 Å². The molecule has 0 bridgehead atoms. The van der Waals surface area contributed by atoms with Crippen molar-refractivity contribution < 1.29 is 27.8 Å². The number of nitrogens with zero attached hydrogens (tertiary/aromatic N) is 2. The molecule has 168 valence electrons. The van der Waals surface area contributed by atoms with E-state index in [2.05, 4.69) is 20.4 Å². The Hall–Kier alpha value is -2.78. The first-order valence-electron chi connectivity index (χ1n) is 9.68. The first kappa shape index (κ1) is 23.5. The van der Waals surface area contributed by atoms with Gasteiger partial charge in [-0.05, 0) is 44.9 Å². The third-order valence-corrected chi connectivity index (χ3v) is 4.25. The van der Waals surface area contributed by atoms with Crippen molar-refractivity contribution >= 4 is 12.1 Å². The van der Waals surface area contributed by atoms with Crippen molar-refractivity contribution in [1.82, 2.24) is 15.5 Å². The fraction of sp³-hybridized carbons (Fsp3) is 0.600. The molecule has 2 N–H and O–H groups in total. The maximum absolute atomic E-state index is 12.5. The van der Waals surface area contributed by atoms with Crippen LogP contribution in [0.25, 0.3) is 0 Å². The van der Waals surface area contributed by atoms with E-state index >= 15 is 0 Å². The van der Waals surface area contributed by atoms with Gasteiger partial charge >= 0.3 is 12.7 Å². The molecule has 0 unspecified atom stereocenters. The van der Waals surface area contributed by atoms with Gasteiger partial charge in [-0.2, -0.15) is 8.78 Å². The topological polar surface area (TPSA) is 84.4 Å². The number of likely N-dealkylation sites (tertiary alicyclic amines) is 1. The summed E-state index contributed by atoms with van der Waals surface area (Å²) < 4.78 is 40.0. The lowest BCUT2D eigenvalue weighted by atomic mass is 10.1. The summed E-state index contributed by atoms with van der Waals surface area (Å²) in [5.41, 5.74) is 0.295. The number of aliphatic imine (C=N–C) groups is 1. The fourth-order valence-corrected chi connectivity index (χ4v) is 2.82. The van der Waals surface area contributed by atoms with E-state index in [1.165, 1.54) is 13.2 Å². The van der Waals surface area contributed by atoms with Crippen LogP contribution in [-0.4, -0.2) is 69.0 Å². The number of alkyl halides is 2. The summed E-state index contributed by atoms with van der Waals surface area (Å²) in [7, 11) is 3.05. The molecule has 1 saturated heterocycles. The van der Waals surface area contributed by atoms with E-state index < -0.39 is 12.2 Å². The normalized spacial score (nSPS) is 14.9. The number of nitrogens with one attached hydrogen (secondary N) is 2. The number of methoxy groups -OCH3 is 1. The molecule has 1 aliphatic rings. The molecule has 10 heteroatoms. The lowest BCUT2D eigenvalue weighted by Crippen LogP contribution is -2.63. The van der Waals surface area contributed by atoms with Gasteiger partial charge in [-0.25, -0.2) is 4.79 Å². The number of halogens is 2. The van der Waals surface area contributed by atoms with Crippen molar-refractivity contribution in [3.63, 3.8) is 0 Å². The minimum Gasteiger partial charge on any atom is -0.493 e. The van der Waals surface area contributed by atoms with Crippen LogP contribution in [0.5, 0.6) is 11.5 Å². The lowest BCUT2D eigenvalue weighted by Gasteiger charge is -2.40. The van der Waals surface area contributed by atoms with Gasteiger partial charge in [0, 0.05) is 26.7 Å². The molecule has 8 nitrogen and oxygen atoms in total. The second kappa shape index (κ2) is 10.3. The maximum atomic E-state index is 12.5. The SMILES string of the molecule is CN=C(NCCc1ccc(OC)c(OC(F)F)c1)NC1CN(C(=O)OC(C)(C)C)C1. The van der Waals surface area contributed by atoms with Crippen molar-refractivity contribution in [2.45, 2.75) is 45.4 Å². The highest BCUT2D eigenvalue weighted by Gasteiger charge is 2.34. The van der Waals surface area contributed by atoms with Gasteiger partial charge in [0.15, 0.2) is 17.5 Å². The molecule has 1 aromatic rings. The number of guanidine groups is 1. The first-order valence-corrected chi connectivity index (χ1v) is 9.68. The Morgan fingerprint density at radius 1 is 1.30 bits per heavy atom. The number of carbonyl (C=O) groups excluding carboxylic acids is 1. The number of hydrogen-bond acceptors (Lipinski definition) is 5. The van der Waals surface area contributed by atoms with Gasteiger partial charge in [-0.3, -0.25) is 4.99 Å². The van der Waals surface area contributed by atoms with Crippen molar-refractivity contribution in [3.05, 3.63) is 23.8 Å². The number of carbonyl (C=O) groups is 1. The smallest absolute Gasteiger partial charge is 0.410 e. The number of hydrogen-bond donors (Lipinski definition) is 2. The Labute approximate surface area is 175 Å². The summed E-state index contributed by atoms with van der Waals surface area (Å²) in [5, 5.41) is 6.41. The van der Waals surface area contributed by atoms with Crippen LogP contribution in [0, 0.1) is 0 Å². The fourth-order valence-electron chi connectivity index (χ4n) is 2.82. The van der Waals surface area contributed by atoms with Crippen LogP contribution in [0.4, 0.5) is 13.6 Å². The van der Waals surface area contributed by atoms with Crippen molar-refractivity contribution in [1.29, 1.82) is 0 Å². The molecule has 30 heavy (non-hydrogen) atoms. The Bertz CT molecular complexity index is 747. The quantitative estimate of drug-likeness (QED) is 0.513. The Kier molecular flexibility index (Phi) is 8.08. The van der Waals surface area contributed by atoms with Gasteiger partial charge < -0.3 is 29.7 Å². The van der Waals surface area contributed by atoms with Crippen LogP contribution in [0.15, 0.2) is 23.2 Å². The van der Waals surface area contributed by atoms with Crippen molar-refractivity contribution in [3.8, 4) is 11.5 Å². The predicted molar refractivity (Wildman–Crippen MR) is 109 cm³/mol. The van der Waals surface area contributed by atoms with Crippen LogP contribution in [0.3, 0.4) is 0 Å². The van der Waals surface area contributed by atoms with E-state index in [-0.39, 0.29) is 23.6 Å². The standard InChI is InChI=1S/C20H30F2N4O4/c1-20(2,3)30-19(27)26-11-14(12-26)25-18(23-4)24-9-8-13-6-7-15(28-5)16(10-13)29-17(21)22/h6-7,10,14,17H,8-9,11-12H2,1-5H3,(H2,23,24,25). The van der Waals surface area contributed by atoms with Crippen LogP contribution >= 0.6 is 0 Å². The average molecular weight is 428 g/mol. The molecule has 1 fully saturated rings. The van der Waals surface area contributed by atoms with Gasteiger partial charge in [0.2, 0.25) is 0 Å². The average Bonchev–Trinajstić information content (AvgIpc) is 2.60. The van der Waals surface area contributed by atoms with E-state index in [9.17, 15) is 13.6 Å². The zero-order chi connectivity index (χ0) is 22.3. The summed E-state index contributed by atoms with van der Waals surface area (Å²) in [6.45, 7) is 4.17. The monoisotopic (exact) mass is 428 g/mol. The van der Waals surface area contributed by atoms with Crippen molar-refractivity contribution in [2.24, 2.45) is 4.99 Å². The van der Waals surface area contributed by atoms with Crippen molar-refractivity contribution in [2.75, 3.05) is 33.8 Å². The summed E-state index contributed by atoms with van der Waals surface area (Å²) in [6, 6.07) is 5.00. The molecule has 1 heterocycles. The van der Waals surface area contributed by atoms with E-state index in [0.717, 1.165) is 5.56 Å². The van der Waals surface area contributed by atoms with Crippen LogP contribution in [0.2, 0.25) is 0 Å². The lowest BCUT2D eigenvalue weighted by molar-refractivity contribution is -0.0512. The third-order valence-electron chi connectivity index (χ3n) is 4.25. The largest absolute Gasteiger partial charge is 0.493 e. The molecule has 1 aromatic carbocycles. The number of benzene rings is 1. The highest BCUT2D eigenvalue weighted by atomic mass is 19.3. The van der Waals surface area contributed by atoms with E-state index in [4.69, 9.17) is 9.47 Å². The number of ether oxygens (including phenoxy) is 3. The minimum absolute atomic E-state index is 0.00390. The summed E-state index contributed by atoms with van der Waals surface area (Å²) >= 11 is 0. The molecule has 0 spiro atoms. The molecule has 0 saturated carbocycles. The highest BCUT2D eigenvalue weighted by molar-refractivity contribution is 5.80. The third kappa shape index (κ3) is 7.23. The highest BCUT2D eigenvalue weighted by Crippen LogP contribution is 2.29. The molecular weight excluding hydrogens is 398 g/mol. The minimum atomic E-state index is -2.92. The summed E-state index contributed by atoms with van der Waals surface area (Å²) in [4.78, 5) is 17.8. The summed E-state index contributed by atoms with van der Waals surface area (Å²) in [5.74, 6) is 0.856. The second-order valence-electron chi connectivity index (χ2n) is 7.84. The Balaban J connectivity index is 1.77. The van der Waals surface area contributed by atoms with E-state index in [0.29, 0.717) is 32.0 Å². The van der Waals surface area contributed by atoms with E-state index in [1.807, 2.05) is 20.8 Å². The van der Waals surface area contributed by atoms with Crippen LogP contribution in [-0.2, 0) is 11.2 Å². The first-order chi connectivity index (χ1) is 14.1. The molecule has 1 aliphatic heterocycles. The van der Waals surface area contributed by atoms with E-state index in [1.54, 1.807) is 24.1 Å². The van der Waals surface area contributed by atoms with Gasteiger partial charge in [-0.1, -0.05) is 6.07 Å². The maximum Gasteiger partial charge on any atom is 0.410 e.